The number of unbranched alkanes of at least 4 members (excludes halogenated alkanes) is 17. The molecule has 0 bridgehead atoms. The fourth-order valence-electron chi connectivity index (χ4n) is 3.43. The summed E-state index contributed by atoms with van der Waals surface area (Å²) in [6.07, 6.45) is 15.7. The number of aliphatic carboxylic acids is 1. The summed E-state index contributed by atoms with van der Waals surface area (Å²) in [7, 11) is 0. The molecule has 0 aliphatic carbocycles. The lowest BCUT2D eigenvalue weighted by Gasteiger charge is -2.05. The molecule has 0 radical (unpaired) electrons. The van der Waals surface area contributed by atoms with Gasteiger partial charge in [-0.05, 0) is 12.8 Å². The zero-order valence-corrected chi connectivity index (χ0v) is 17.1. The molecule has 27 heavy (non-hydrogen) atoms. The topological polar surface area (TPSA) is 37.3 Å². The Morgan fingerprint density at radius 1 is 0.519 bits per heavy atom. The van der Waals surface area contributed by atoms with Crippen molar-refractivity contribution in [1.82, 2.24) is 0 Å². The third kappa shape index (κ3) is 25.3. The number of carboxylic acid groups (broad SMARTS) is 1. The Morgan fingerprint density at radius 3 is 1.04 bits per heavy atom. The van der Waals surface area contributed by atoms with Crippen molar-refractivity contribution in [2.45, 2.75) is 135 Å². The molecule has 0 unspecified atom stereocenters. The van der Waals surface area contributed by atoms with Crippen LogP contribution in [0.25, 0.3) is 0 Å². The minimum Gasteiger partial charge on any atom is -0.481 e. The lowest BCUT2D eigenvalue weighted by Crippen LogP contribution is -2.06. The van der Waals surface area contributed by atoms with Crippen molar-refractivity contribution in [2.75, 3.05) is 0 Å². The highest BCUT2D eigenvalue weighted by molar-refractivity contribution is 5.66. The van der Waals surface area contributed by atoms with Gasteiger partial charge in [0.05, 0.1) is 0 Å². The summed E-state index contributed by atoms with van der Waals surface area (Å²) >= 11 is 0. The van der Waals surface area contributed by atoms with E-state index in [1.54, 1.807) is 0 Å². The normalized spacial score (nSPS) is 11.8. The van der Waals surface area contributed by atoms with Gasteiger partial charge in [-0.15, -0.1) is 0 Å². The maximum atomic E-state index is 12.0. The molecule has 0 aromatic rings. The second-order valence-corrected chi connectivity index (χ2v) is 7.87. The molecule has 0 amide bonds. The smallest absolute Gasteiger partial charge is 0.389 e. The van der Waals surface area contributed by atoms with Crippen LogP contribution in [0.1, 0.15) is 128 Å². The molecule has 0 saturated carbocycles. The summed E-state index contributed by atoms with van der Waals surface area (Å²) in [4.78, 5) is 10.4. The van der Waals surface area contributed by atoms with Crippen molar-refractivity contribution in [3.05, 3.63) is 0 Å². The van der Waals surface area contributed by atoms with Crippen molar-refractivity contribution in [3.8, 4) is 0 Å². The number of halogens is 3. The Morgan fingerprint density at radius 2 is 0.778 bits per heavy atom. The number of hydrogen-bond donors (Lipinski definition) is 1. The molecule has 0 atom stereocenters. The standard InChI is InChI=1S/C22H41F3O2/c23-22(24,25)20-18-16-14-12-10-8-6-4-2-1-3-5-7-9-11-13-15-17-19-21(26)27/h1-20H2,(H,26,27). The van der Waals surface area contributed by atoms with Gasteiger partial charge in [0.2, 0.25) is 0 Å². The first-order chi connectivity index (χ1) is 12.9. The molecule has 5 heteroatoms. The van der Waals surface area contributed by atoms with Crippen LogP contribution in [0.4, 0.5) is 13.2 Å². The number of hydrogen-bond acceptors (Lipinski definition) is 1. The van der Waals surface area contributed by atoms with Crippen LogP contribution in [0.15, 0.2) is 0 Å². The number of alkyl halides is 3. The van der Waals surface area contributed by atoms with E-state index >= 15 is 0 Å². The molecule has 1 N–H and O–H groups in total. The SMILES string of the molecule is O=C(O)CCCCCCCCCCCCCCCCCCCCC(F)(F)F. The Bertz CT molecular complexity index is 330. The molecule has 0 rings (SSSR count). The molecule has 0 aromatic heterocycles. The van der Waals surface area contributed by atoms with Crippen molar-refractivity contribution < 1.29 is 23.1 Å². The summed E-state index contributed by atoms with van der Waals surface area (Å²) < 4.78 is 35.9. The van der Waals surface area contributed by atoms with Gasteiger partial charge in [-0.25, -0.2) is 0 Å². The Hall–Kier alpha value is -0.740. The Kier molecular flexibility index (Phi) is 18.1. The van der Waals surface area contributed by atoms with E-state index in [9.17, 15) is 18.0 Å². The first-order valence-corrected chi connectivity index (χ1v) is 11.2. The predicted molar refractivity (Wildman–Crippen MR) is 106 cm³/mol. The summed E-state index contributed by atoms with van der Waals surface area (Å²) in [5.74, 6) is -0.685. The molecule has 0 spiro atoms. The summed E-state index contributed by atoms with van der Waals surface area (Å²) in [6, 6.07) is 0. The molecular formula is C22H41F3O2. The highest BCUT2D eigenvalue weighted by Gasteiger charge is 2.25. The third-order valence-electron chi connectivity index (χ3n) is 5.10. The van der Waals surface area contributed by atoms with Gasteiger partial charge in [0.15, 0.2) is 0 Å². The Labute approximate surface area is 164 Å². The van der Waals surface area contributed by atoms with Crippen LogP contribution >= 0.6 is 0 Å². The average molecular weight is 395 g/mol. The quantitative estimate of drug-likeness (QED) is 0.210. The fourth-order valence-corrected chi connectivity index (χ4v) is 3.43. The zero-order valence-electron chi connectivity index (χ0n) is 17.1. The Balaban J connectivity index is 3.04. The van der Waals surface area contributed by atoms with E-state index in [2.05, 4.69) is 0 Å². The monoisotopic (exact) mass is 394 g/mol. The summed E-state index contributed by atoms with van der Waals surface area (Å²) in [5.41, 5.74) is 0. The lowest BCUT2D eigenvalue weighted by atomic mass is 10.0. The second kappa shape index (κ2) is 18.6. The molecule has 0 fully saturated rings. The maximum Gasteiger partial charge on any atom is 0.389 e. The highest BCUT2D eigenvalue weighted by Crippen LogP contribution is 2.23. The van der Waals surface area contributed by atoms with E-state index in [0.717, 1.165) is 32.1 Å². The number of carboxylic acids is 1. The van der Waals surface area contributed by atoms with E-state index in [4.69, 9.17) is 5.11 Å². The molecule has 0 aliphatic heterocycles. The van der Waals surface area contributed by atoms with Gasteiger partial charge in [-0.1, -0.05) is 103 Å². The van der Waals surface area contributed by atoms with Gasteiger partial charge in [-0.3, -0.25) is 4.79 Å². The van der Waals surface area contributed by atoms with Crippen LogP contribution in [0.3, 0.4) is 0 Å². The van der Waals surface area contributed by atoms with Crippen molar-refractivity contribution in [1.29, 1.82) is 0 Å². The number of rotatable bonds is 20. The molecule has 162 valence electrons. The van der Waals surface area contributed by atoms with Gasteiger partial charge in [0.1, 0.15) is 0 Å². The largest absolute Gasteiger partial charge is 0.481 e. The summed E-state index contributed by atoms with van der Waals surface area (Å²) in [5, 5.41) is 8.55. The van der Waals surface area contributed by atoms with Crippen molar-refractivity contribution >= 4 is 5.97 Å². The van der Waals surface area contributed by atoms with Crippen LogP contribution < -0.4 is 0 Å². The van der Waals surface area contributed by atoms with E-state index in [1.807, 2.05) is 0 Å². The minimum atomic E-state index is -3.98. The second-order valence-electron chi connectivity index (χ2n) is 7.87. The zero-order chi connectivity index (χ0) is 20.2. The van der Waals surface area contributed by atoms with Crippen molar-refractivity contribution in [2.24, 2.45) is 0 Å². The number of carbonyl (C=O) groups is 1. The maximum absolute atomic E-state index is 12.0. The molecule has 0 aliphatic rings. The van der Waals surface area contributed by atoms with Gasteiger partial charge in [-0.2, -0.15) is 13.2 Å². The fraction of sp³-hybridized carbons (Fsp3) is 0.955. The predicted octanol–water partition coefficient (Wildman–Crippen LogP) is 8.44. The van der Waals surface area contributed by atoms with Crippen LogP contribution in [-0.2, 0) is 4.79 Å². The summed E-state index contributed by atoms with van der Waals surface area (Å²) in [6.45, 7) is 0. The molecular weight excluding hydrogens is 353 g/mol. The van der Waals surface area contributed by atoms with Crippen molar-refractivity contribution in [3.63, 3.8) is 0 Å². The van der Waals surface area contributed by atoms with Crippen LogP contribution in [0.2, 0.25) is 0 Å². The van der Waals surface area contributed by atoms with Gasteiger partial charge >= 0.3 is 12.1 Å². The van der Waals surface area contributed by atoms with Gasteiger partial charge < -0.3 is 5.11 Å². The molecule has 0 aromatic carbocycles. The molecule has 0 saturated heterocycles. The van der Waals surface area contributed by atoms with E-state index in [1.165, 1.54) is 70.6 Å². The first-order valence-electron chi connectivity index (χ1n) is 11.2. The lowest BCUT2D eigenvalue weighted by molar-refractivity contribution is -0.137. The highest BCUT2D eigenvalue weighted by atomic mass is 19.4. The van der Waals surface area contributed by atoms with Crippen LogP contribution in [0.5, 0.6) is 0 Å². The first kappa shape index (κ1) is 26.3. The third-order valence-corrected chi connectivity index (χ3v) is 5.10. The van der Waals surface area contributed by atoms with Gasteiger partial charge in [0.25, 0.3) is 0 Å². The van der Waals surface area contributed by atoms with Crippen LogP contribution in [-0.4, -0.2) is 17.3 Å². The van der Waals surface area contributed by atoms with E-state index in [0.29, 0.717) is 12.8 Å². The van der Waals surface area contributed by atoms with E-state index < -0.39 is 18.6 Å². The minimum absolute atomic E-state index is 0.286. The van der Waals surface area contributed by atoms with E-state index in [-0.39, 0.29) is 6.42 Å². The molecule has 0 heterocycles. The molecule has 2 nitrogen and oxygen atoms in total. The van der Waals surface area contributed by atoms with Crippen LogP contribution in [0, 0.1) is 0 Å². The average Bonchev–Trinajstić information content (AvgIpc) is 2.58. The van der Waals surface area contributed by atoms with Gasteiger partial charge in [0, 0.05) is 12.8 Å².